The van der Waals surface area contributed by atoms with Crippen molar-refractivity contribution in [1.82, 2.24) is 10.2 Å². The average molecular weight is 302 g/mol. The zero-order valence-electron chi connectivity index (χ0n) is 13.0. The predicted molar refractivity (Wildman–Crippen MR) is 82.0 cm³/mol. The first-order chi connectivity index (χ1) is 10.5. The molecule has 118 valence electrons. The summed E-state index contributed by atoms with van der Waals surface area (Å²) in [4.78, 5) is 26.4. The molecule has 1 aromatic rings. The van der Waals surface area contributed by atoms with E-state index in [4.69, 9.17) is 4.74 Å². The minimum Gasteiger partial charge on any atom is -0.356 e. The highest BCUT2D eigenvalue weighted by Gasteiger charge is 2.41. The van der Waals surface area contributed by atoms with Crippen molar-refractivity contribution in [1.29, 1.82) is 0 Å². The number of hydrogen-bond acceptors (Lipinski definition) is 3. The maximum absolute atomic E-state index is 12.8. The number of amides is 2. The molecule has 2 heterocycles. The standard InChI is InChI=1S/C17H22N2O3/c1-17(2)8-9-19(11-17)16(21)15-14(18-13(20)10-22-15)12-6-4-3-5-7-12/h3-7,14-15H,8-11H2,1-2H3,(H,18,20)/t14-,15+/m1/s1. The topological polar surface area (TPSA) is 58.6 Å². The van der Waals surface area contributed by atoms with E-state index in [2.05, 4.69) is 19.2 Å². The lowest BCUT2D eigenvalue weighted by molar-refractivity contribution is -0.154. The van der Waals surface area contributed by atoms with E-state index in [-0.39, 0.29) is 23.8 Å². The molecule has 22 heavy (non-hydrogen) atoms. The van der Waals surface area contributed by atoms with Gasteiger partial charge in [0.25, 0.3) is 5.91 Å². The maximum atomic E-state index is 12.8. The van der Waals surface area contributed by atoms with Gasteiger partial charge in [0.15, 0.2) is 6.10 Å². The lowest BCUT2D eigenvalue weighted by Gasteiger charge is -2.34. The second kappa shape index (κ2) is 5.72. The zero-order chi connectivity index (χ0) is 15.7. The molecular formula is C17H22N2O3. The highest BCUT2D eigenvalue weighted by atomic mass is 16.5. The van der Waals surface area contributed by atoms with Crippen LogP contribution in [0.1, 0.15) is 31.9 Å². The van der Waals surface area contributed by atoms with Gasteiger partial charge in [0.05, 0.1) is 6.04 Å². The van der Waals surface area contributed by atoms with Gasteiger partial charge in [0, 0.05) is 13.1 Å². The third-order valence-corrected chi connectivity index (χ3v) is 4.40. The van der Waals surface area contributed by atoms with E-state index in [0.717, 1.165) is 25.1 Å². The highest BCUT2D eigenvalue weighted by Crippen LogP contribution is 2.31. The van der Waals surface area contributed by atoms with E-state index < -0.39 is 12.1 Å². The van der Waals surface area contributed by atoms with Gasteiger partial charge in [0.2, 0.25) is 5.91 Å². The molecule has 0 unspecified atom stereocenters. The lowest BCUT2D eigenvalue weighted by atomic mass is 9.93. The quantitative estimate of drug-likeness (QED) is 0.901. The average Bonchev–Trinajstić information content (AvgIpc) is 2.87. The van der Waals surface area contributed by atoms with Gasteiger partial charge in [0.1, 0.15) is 6.61 Å². The van der Waals surface area contributed by atoms with Crippen LogP contribution >= 0.6 is 0 Å². The molecule has 2 saturated heterocycles. The minimum absolute atomic E-state index is 0.0283. The third-order valence-electron chi connectivity index (χ3n) is 4.40. The number of rotatable bonds is 2. The predicted octanol–water partition coefficient (Wildman–Crippen LogP) is 1.50. The number of carbonyl (C=O) groups is 2. The molecule has 2 atom stereocenters. The molecular weight excluding hydrogens is 280 g/mol. The van der Waals surface area contributed by atoms with Gasteiger partial charge < -0.3 is 15.0 Å². The molecule has 0 radical (unpaired) electrons. The first kappa shape index (κ1) is 15.0. The van der Waals surface area contributed by atoms with Crippen LogP contribution in [0.15, 0.2) is 30.3 Å². The Balaban J connectivity index is 1.81. The summed E-state index contributed by atoms with van der Waals surface area (Å²) in [6, 6.07) is 9.11. The Morgan fingerprint density at radius 3 is 2.68 bits per heavy atom. The Morgan fingerprint density at radius 2 is 2.05 bits per heavy atom. The molecule has 0 bridgehead atoms. The summed E-state index contributed by atoms with van der Waals surface area (Å²) >= 11 is 0. The van der Waals surface area contributed by atoms with Crippen LogP contribution in [-0.4, -0.2) is 42.5 Å². The Morgan fingerprint density at radius 1 is 1.32 bits per heavy atom. The van der Waals surface area contributed by atoms with Crippen LogP contribution in [0.4, 0.5) is 0 Å². The van der Waals surface area contributed by atoms with Gasteiger partial charge in [-0.25, -0.2) is 0 Å². The number of carbonyl (C=O) groups excluding carboxylic acids is 2. The summed E-state index contributed by atoms with van der Waals surface area (Å²) in [7, 11) is 0. The lowest BCUT2D eigenvalue weighted by Crippen LogP contribution is -2.53. The second-order valence-electron chi connectivity index (χ2n) is 6.86. The fourth-order valence-corrected chi connectivity index (χ4v) is 3.17. The highest BCUT2D eigenvalue weighted by molar-refractivity contribution is 5.86. The van der Waals surface area contributed by atoms with Crippen molar-refractivity contribution in [3.8, 4) is 0 Å². The van der Waals surface area contributed by atoms with Crippen LogP contribution in [0, 0.1) is 5.41 Å². The van der Waals surface area contributed by atoms with Gasteiger partial charge >= 0.3 is 0 Å². The fourth-order valence-electron chi connectivity index (χ4n) is 3.17. The largest absolute Gasteiger partial charge is 0.356 e. The zero-order valence-corrected chi connectivity index (χ0v) is 13.0. The SMILES string of the molecule is CC1(C)CCN(C(=O)[C@H]2OCC(=O)N[C@@H]2c2ccccc2)C1. The van der Waals surface area contributed by atoms with Crippen LogP contribution in [0.2, 0.25) is 0 Å². The van der Waals surface area contributed by atoms with Gasteiger partial charge in [-0.15, -0.1) is 0 Å². The van der Waals surface area contributed by atoms with Gasteiger partial charge in [-0.05, 0) is 17.4 Å². The molecule has 0 spiro atoms. The van der Waals surface area contributed by atoms with E-state index >= 15 is 0 Å². The van der Waals surface area contributed by atoms with Crippen LogP contribution < -0.4 is 5.32 Å². The molecule has 2 aliphatic heterocycles. The monoisotopic (exact) mass is 302 g/mol. The van der Waals surface area contributed by atoms with E-state index in [1.807, 2.05) is 35.2 Å². The number of nitrogens with zero attached hydrogens (tertiary/aromatic N) is 1. The van der Waals surface area contributed by atoms with Crippen LogP contribution in [-0.2, 0) is 14.3 Å². The summed E-state index contributed by atoms with van der Waals surface area (Å²) in [5.41, 5.74) is 1.04. The van der Waals surface area contributed by atoms with Crippen LogP contribution in [0.5, 0.6) is 0 Å². The molecule has 3 rings (SSSR count). The first-order valence-electron chi connectivity index (χ1n) is 7.71. The van der Waals surface area contributed by atoms with E-state index in [9.17, 15) is 9.59 Å². The van der Waals surface area contributed by atoms with Gasteiger partial charge in [-0.1, -0.05) is 44.2 Å². The van der Waals surface area contributed by atoms with Crippen molar-refractivity contribution in [2.75, 3.05) is 19.7 Å². The van der Waals surface area contributed by atoms with E-state index in [1.54, 1.807) is 0 Å². The molecule has 2 aliphatic rings. The number of morpholine rings is 1. The summed E-state index contributed by atoms with van der Waals surface area (Å²) in [5.74, 6) is -0.209. The Hall–Kier alpha value is -1.88. The number of likely N-dealkylation sites (tertiary alicyclic amines) is 1. The van der Waals surface area contributed by atoms with Crippen molar-refractivity contribution in [2.24, 2.45) is 5.41 Å². The summed E-state index contributed by atoms with van der Waals surface area (Å²) in [6.45, 7) is 5.76. The molecule has 0 aliphatic carbocycles. The molecule has 2 amide bonds. The first-order valence-corrected chi connectivity index (χ1v) is 7.71. The summed E-state index contributed by atoms with van der Waals surface area (Å²) in [5, 5.41) is 2.90. The Bertz CT molecular complexity index is 571. The van der Waals surface area contributed by atoms with Crippen LogP contribution in [0.3, 0.4) is 0 Å². The molecule has 5 nitrogen and oxygen atoms in total. The fraction of sp³-hybridized carbons (Fsp3) is 0.529. The summed E-state index contributed by atoms with van der Waals surface area (Å²) < 4.78 is 5.60. The van der Waals surface area contributed by atoms with Crippen molar-refractivity contribution in [3.63, 3.8) is 0 Å². The Labute approximate surface area is 130 Å². The normalized spacial score (nSPS) is 27.5. The number of hydrogen-bond donors (Lipinski definition) is 1. The number of nitrogens with one attached hydrogen (secondary N) is 1. The van der Waals surface area contributed by atoms with Crippen LogP contribution in [0.25, 0.3) is 0 Å². The van der Waals surface area contributed by atoms with Crippen molar-refractivity contribution in [2.45, 2.75) is 32.4 Å². The number of benzene rings is 1. The van der Waals surface area contributed by atoms with E-state index in [0.29, 0.717) is 0 Å². The summed E-state index contributed by atoms with van der Waals surface area (Å²) in [6.07, 6.45) is 0.349. The van der Waals surface area contributed by atoms with Gasteiger partial charge in [-0.2, -0.15) is 0 Å². The number of ether oxygens (including phenoxy) is 1. The second-order valence-corrected chi connectivity index (χ2v) is 6.86. The molecule has 1 aromatic carbocycles. The maximum Gasteiger partial charge on any atom is 0.254 e. The Kier molecular flexibility index (Phi) is 3.91. The minimum atomic E-state index is -0.644. The van der Waals surface area contributed by atoms with E-state index in [1.165, 1.54) is 0 Å². The molecule has 0 aromatic heterocycles. The van der Waals surface area contributed by atoms with Crippen molar-refractivity contribution < 1.29 is 14.3 Å². The molecule has 5 heteroatoms. The van der Waals surface area contributed by atoms with Crippen molar-refractivity contribution in [3.05, 3.63) is 35.9 Å². The molecule has 1 N–H and O–H groups in total. The molecule has 0 saturated carbocycles. The molecule has 2 fully saturated rings. The smallest absolute Gasteiger partial charge is 0.254 e. The van der Waals surface area contributed by atoms with Gasteiger partial charge in [-0.3, -0.25) is 9.59 Å². The van der Waals surface area contributed by atoms with Crippen molar-refractivity contribution >= 4 is 11.8 Å². The third kappa shape index (κ3) is 2.99.